The topological polar surface area (TPSA) is 84.4 Å². The molecule has 2 amide bonds. The molecule has 0 aliphatic carbocycles. The zero-order chi connectivity index (χ0) is 22.5. The van der Waals surface area contributed by atoms with Crippen molar-refractivity contribution in [2.24, 2.45) is 0 Å². The van der Waals surface area contributed by atoms with E-state index in [0.29, 0.717) is 22.6 Å². The van der Waals surface area contributed by atoms with E-state index in [1.807, 2.05) is 0 Å². The molecular weight excluding hydrogens is 401 g/mol. The quantitative estimate of drug-likeness (QED) is 0.729. The van der Waals surface area contributed by atoms with Crippen LogP contribution in [-0.2, 0) is 4.79 Å². The molecule has 0 saturated carbocycles. The number of ether oxygens (including phenoxy) is 1. The Morgan fingerprint density at radius 1 is 1.27 bits per heavy atom. The summed E-state index contributed by atoms with van der Waals surface area (Å²) in [6.45, 7) is 3.76. The van der Waals surface area contributed by atoms with Crippen LogP contribution in [0.4, 0.5) is 19.0 Å². The Balaban J connectivity index is 2.12. The lowest BCUT2D eigenvalue weighted by molar-refractivity contribution is -0.154. The summed E-state index contributed by atoms with van der Waals surface area (Å²) in [4.78, 5) is 34.1. The second-order valence-electron chi connectivity index (χ2n) is 6.71. The third kappa shape index (κ3) is 6.43. The van der Waals surface area contributed by atoms with Gasteiger partial charge in [0, 0.05) is 37.0 Å². The summed E-state index contributed by atoms with van der Waals surface area (Å²) in [5.74, 6) is -0.387. The smallest absolute Gasteiger partial charge is 0.422 e. The molecule has 7 nitrogen and oxygen atoms in total. The molecule has 2 rings (SSSR count). The van der Waals surface area contributed by atoms with Crippen molar-refractivity contribution in [3.05, 3.63) is 47.3 Å². The number of hydrogen-bond donors (Lipinski definition) is 1. The maximum Gasteiger partial charge on any atom is 0.422 e. The van der Waals surface area contributed by atoms with Gasteiger partial charge >= 0.3 is 6.18 Å². The highest BCUT2D eigenvalue weighted by Gasteiger charge is 2.28. The van der Waals surface area contributed by atoms with E-state index in [2.05, 4.69) is 20.0 Å². The number of anilines is 1. The van der Waals surface area contributed by atoms with Crippen molar-refractivity contribution < 1.29 is 27.5 Å². The summed E-state index contributed by atoms with van der Waals surface area (Å²) in [6, 6.07) is 5.57. The Hall–Kier alpha value is -3.17. The zero-order valence-corrected chi connectivity index (χ0v) is 17.1. The maximum absolute atomic E-state index is 12.9. The number of amides is 2. The molecule has 0 fully saturated rings. The number of alkyl halides is 3. The molecule has 1 unspecified atom stereocenters. The molecule has 0 aromatic carbocycles. The van der Waals surface area contributed by atoms with E-state index in [4.69, 9.17) is 0 Å². The van der Waals surface area contributed by atoms with Crippen LogP contribution in [-0.4, -0.2) is 46.5 Å². The number of halogens is 3. The minimum atomic E-state index is -4.45. The van der Waals surface area contributed by atoms with Gasteiger partial charge in [0.25, 0.3) is 5.91 Å². The van der Waals surface area contributed by atoms with E-state index in [9.17, 15) is 22.8 Å². The molecule has 2 aromatic rings. The number of nitrogens with one attached hydrogen (secondary N) is 1. The largest absolute Gasteiger partial charge is 0.468 e. The maximum atomic E-state index is 12.9. The van der Waals surface area contributed by atoms with Crippen LogP contribution in [0.25, 0.3) is 0 Å². The molecular formula is C20H23F3N4O3. The SMILES string of the molecule is CCC(=O)Nc1cc(C(=O)N(C)C(C)c2ccc(OCC(F)(F)F)nc2)cc(C)n1. The molecule has 10 heteroatoms. The van der Waals surface area contributed by atoms with Gasteiger partial charge in [0.05, 0.1) is 6.04 Å². The summed E-state index contributed by atoms with van der Waals surface area (Å²) in [5, 5.41) is 2.63. The van der Waals surface area contributed by atoms with Gasteiger partial charge < -0.3 is 15.0 Å². The number of carbonyl (C=O) groups excluding carboxylic acids is 2. The predicted octanol–water partition coefficient (Wildman–Crippen LogP) is 3.91. The van der Waals surface area contributed by atoms with E-state index in [1.54, 1.807) is 40.0 Å². The molecule has 30 heavy (non-hydrogen) atoms. The molecule has 1 N–H and O–H groups in total. The Morgan fingerprint density at radius 2 is 1.97 bits per heavy atom. The molecule has 2 aromatic heterocycles. The Morgan fingerprint density at radius 3 is 2.53 bits per heavy atom. The van der Waals surface area contributed by atoms with Crippen molar-refractivity contribution in [2.45, 2.75) is 39.4 Å². The molecule has 0 aliphatic heterocycles. The number of pyridine rings is 2. The van der Waals surface area contributed by atoms with Crippen LogP contribution in [0.3, 0.4) is 0 Å². The van der Waals surface area contributed by atoms with Crippen LogP contribution in [0.2, 0.25) is 0 Å². The molecule has 2 heterocycles. The second-order valence-corrected chi connectivity index (χ2v) is 6.71. The molecule has 0 saturated heterocycles. The van der Waals surface area contributed by atoms with Crippen LogP contribution < -0.4 is 10.1 Å². The summed E-state index contributed by atoms with van der Waals surface area (Å²) in [7, 11) is 1.60. The van der Waals surface area contributed by atoms with Gasteiger partial charge in [-0.15, -0.1) is 0 Å². The summed E-state index contributed by atoms with van der Waals surface area (Å²) in [5.41, 5.74) is 1.54. The van der Waals surface area contributed by atoms with Crippen molar-refractivity contribution in [1.82, 2.24) is 14.9 Å². The van der Waals surface area contributed by atoms with Gasteiger partial charge in [0.2, 0.25) is 11.8 Å². The van der Waals surface area contributed by atoms with Gasteiger partial charge in [0.15, 0.2) is 6.61 Å². The number of aromatic nitrogens is 2. The van der Waals surface area contributed by atoms with Gasteiger partial charge in [-0.05, 0) is 31.5 Å². The Labute approximate surface area is 172 Å². The van der Waals surface area contributed by atoms with Gasteiger partial charge in [-0.25, -0.2) is 9.97 Å². The first-order chi connectivity index (χ1) is 14.0. The first-order valence-electron chi connectivity index (χ1n) is 9.21. The number of hydrogen-bond acceptors (Lipinski definition) is 5. The van der Waals surface area contributed by atoms with Crippen LogP contribution in [0.5, 0.6) is 5.88 Å². The fraction of sp³-hybridized carbons (Fsp3) is 0.400. The second kappa shape index (κ2) is 9.55. The lowest BCUT2D eigenvalue weighted by Crippen LogP contribution is -2.30. The third-order valence-corrected chi connectivity index (χ3v) is 4.32. The average Bonchev–Trinajstić information content (AvgIpc) is 2.69. The number of rotatable bonds is 7. The van der Waals surface area contributed by atoms with Crippen LogP contribution in [0, 0.1) is 6.92 Å². The van der Waals surface area contributed by atoms with Crippen molar-refractivity contribution in [1.29, 1.82) is 0 Å². The lowest BCUT2D eigenvalue weighted by Gasteiger charge is -2.25. The average molecular weight is 424 g/mol. The number of aryl methyl sites for hydroxylation is 1. The standard InChI is InChI=1S/C20H23F3N4O3/c1-5-17(28)26-16-9-15(8-12(2)25-16)19(29)27(4)13(3)14-6-7-18(24-10-14)30-11-20(21,22)23/h6-10,13H,5,11H2,1-4H3,(H,25,26,28). The van der Waals surface area contributed by atoms with Gasteiger partial charge in [-0.3, -0.25) is 9.59 Å². The van der Waals surface area contributed by atoms with Crippen LogP contribution in [0.1, 0.15) is 47.9 Å². The van der Waals surface area contributed by atoms with Crippen LogP contribution >= 0.6 is 0 Å². The van der Waals surface area contributed by atoms with E-state index in [-0.39, 0.29) is 24.1 Å². The van der Waals surface area contributed by atoms with E-state index in [1.165, 1.54) is 23.2 Å². The minimum Gasteiger partial charge on any atom is -0.468 e. The molecule has 0 spiro atoms. The van der Waals surface area contributed by atoms with Gasteiger partial charge in [-0.2, -0.15) is 13.2 Å². The van der Waals surface area contributed by atoms with Crippen molar-refractivity contribution >= 4 is 17.6 Å². The van der Waals surface area contributed by atoms with Crippen molar-refractivity contribution in [3.8, 4) is 5.88 Å². The normalized spacial score (nSPS) is 12.2. The highest BCUT2D eigenvalue weighted by atomic mass is 19.4. The fourth-order valence-electron chi connectivity index (χ4n) is 2.57. The van der Waals surface area contributed by atoms with Crippen molar-refractivity contribution in [3.63, 3.8) is 0 Å². The number of nitrogens with zero attached hydrogens (tertiary/aromatic N) is 3. The third-order valence-electron chi connectivity index (χ3n) is 4.32. The van der Waals surface area contributed by atoms with Gasteiger partial charge in [-0.1, -0.05) is 13.0 Å². The van der Waals surface area contributed by atoms with E-state index in [0.717, 1.165) is 0 Å². The monoisotopic (exact) mass is 424 g/mol. The van der Waals surface area contributed by atoms with Crippen molar-refractivity contribution in [2.75, 3.05) is 19.0 Å². The zero-order valence-electron chi connectivity index (χ0n) is 17.1. The first kappa shape index (κ1) is 23.1. The lowest BCUT2D eigenvalue weighted by atomic mass is 10.1. The van der Waals surface area contributed by atoms with E-state index >= 15 is 0 Å². The fourth-order valence-corrected chi connectivity index (χ4v) is 2.57. The molecule has 0 radical (unpaired) electrons. The highest BCUT2D eigenvalue weighted by Crippen LogP contribution is 2.23. The molecule has 162 valence electrons. The summed E-state index contributed by atoms with van der Waals surface area (Å²) >= 11 is 0. The predicted molar refractivity (Wildman–Crippen MR) is 104 cm³/mol. The van der Waals surface area contributed by atoms with Gasteiger partial charge in [0.1, 0.15) is 5.82 Å². The molecule has 1 atom stereocenters. The van der Waals surface area contributed by atoms with Crippen LogP contribution in [0.15, 0.2) is 30.5 Å². The molecule has 0 aliphatic rings. The number of carbonyl (C=O) groups is 2. The van der Waals surface area contributed by atoms with E-state index < -0.39 is 18.8 Å². The summed E-state index contributed by atoms with van der Waals surface area (Å²) < 4.78 is 41.3. The summed E-state index contributed by atoms with van der Waals surface area (Å²) in [6.07, 6.45) is -2.80. The highest BCUT2D eigenvalue weighted by molar-refractivity contribution is 5.96. The Kier molecular flexibility index (Phi) is 7.36. The molecule has 0 bridgehead atoms. The minimum absolute atomic E-state index is 0.154. The Bertz CT molecular complexity index is 901. The first-order valence-corrected chi connectivity index (χ1v) is 9.21.